The fraction of sp³-hybridized carbons (Fsp3) is 0.0455. The van der Waals surface area contributed by atoms with E-state index in [1.807, 2.05) is 84.9 Å². The van der Waals surface area contributed by atoms with Crippen LogP contribution in [0.25, 0.3) is 22.8 Å². The lowest BCUT2D eigenvalue weighted by atomic mass is 10.1. The van der Waals surface area contributed by atoms with Crippen molar-refractivity contribution in [3.8, 4) is 22.8 Å². The van der Waals surface area contributed by atoms with Gasteiger partial charge in [0.05, 0.1) is 6.42 Å². The van der Waals surface area contributed by atoms with Gasteiger partial charge in [-0.3, -0.25) is 4.79 Å². The standard InChI is InChI=1S/C22H17N3O2/c26-20(15-16-7-3-1-4-8-16)23-19-13-11-18(12-14-19)22-24-21(25-27-22)17-9-5-2-6-10-17/h1-14H,15H2,(H,23,26). The van der Waals surface area contributed by atoms with Crippen LogP contribution in [0, 0.1) is 0 Å². The summed E-state index contributed by atoms with van der Waals surface area (Å²) in [5.74, 6) is 0.931. The zero-order chi connectivity index (χ0) is 18.5. The second-order valence-electron chi connectivity index (χ2n) is 6.08. The molecule has 0 saturated heterocycles. The van der Waals surface area contributed by atoms with Gasteiger partial charge < -0.3 is 9.84 Å². The van der Waals surface area contributed by atoms with Gasteiger partial charge in [0.1, 0.15) is 0 Å². The molecule has 0 atom stereocenters. The van der Waals surface area contributed by atoms with Crippen LogP contribution < -0.4 is 5.32 Å². The number of hydrogen-bond acceptors (Lipinski definition) is 4. The van der Waals surface area contributed by atoms with Crippen LogP contribution in [0.15, 0.2) is 89.5 Å². The quantitative estimate of drug-likeness (QED) is 0.569. The Labute approximate surface area is 156 Å². The Kier molecular flexibility index (Phi) is 4.74. The number of carbonyl (C=O) groups is 1. The Hall–Kier alpha value is -3.73. The molecular formula is C22H17N3O2. The summed E-state index contributed by atoms with van der Waals surface area (Å²) in [6.07, 6.45) is 0.340. The molecule has 0 spiro atoms. The van der Waals surface area contributed by atoms with Gasteiger partial charge in [0.2, 0.25) is 11.7 Å². The van der Waals surface area contributed by atoms with Crippen LogP contribution in [0.2, 0.25) is 0 Å². The van der Waals surface area contributed by atoms with Crippen LogP contribution in [0.1, 0.15) is 5.56 Å². The molecule has 0 saturated carbocycles. The van der Waals surface area contributed by atoms with E-state index in [9.17, 15) is 4.79 Å². The molecule has 5 heteroatoms. The predicted octanol–water partition coefficient (Wildman–Crippen LogP) is 4.58. The SMILES string of the molecule is O=C(Cc1ccccc1)Nc1ccc(-c2nc(-c3ccccc3)no2)cc1. The maximum atomic E-state index is 12.1. The van der Waals surface area contributed by atoms with E-state index >= 15 is 0 Å². The van der Waals surface area contributed by atoms with Gasteiger partial charge in [0, 0.05) is 16.8 Å². The number of anilines is 1. The number of nitrogens with one attached hydrogen (secondary N) is 1. The van der Waals surface area contributed by atoms with Crippen molar-refractivity contribution in [2.75, 3.05) is 5.32 Å². The van der Waals surface area contributed by atoms with Crippen molar-refractivity contribution in [2.24, 2.45) is 0 Å². The van der Waals surface area contributed by atoms with Gasteiger partial charge in [-0.25, -0.2) is 0 Å². The molecule has 4 rings (SSSR count). The maximum absolute atomic E-state index is 12.1. The summed E-state index contributed by atoms with van der Waals surface area (Å²) in [6.45, 7) is 0. The van der Waals surface area contributed by atoms with Gasteiger partial charge >= 0.3 is 0 Å². The van der Waals surface area contributed by atoms with E-state index in [0.29, 0.717) is 18.1 Å². The van der Waals surface area contributed by atoms with Crippen molar-refractivity contribution in [1.82, 2.24) is 10.1 Å². The molecule has 0 fully saturated rings. The molecule has 132 valence electrons. The highest BCUT2D eigenvalue weighted by molar-refractivity contribution is 5.92. The van der Waals surface area contributed by atoms with Gasteiger partial charge in [0.15, 0.2) is 0 Å². The maximum Gasteiger partial charge on any atom is 0.258 e. The van der Waals surface area contributed by atoms with E-state index in [1.54, 1.807) is 0 Å². The monoisotopic (exact) mass is 355 g/mol. The predicted molar refractivity (Wildman–Crippen MR) is 104 cm³/mol. The second kappa shape index (κ2) is 7.66. The van der Waals surface area contributed by atoms with Crippen molar-refractivity contribution in [1.29, 1.82) is 0 Å². The number of carbonyl (C=O) groups excluding carboxylic acids is 1. The van der Waals surface area contributed by atoms with E-state index in [0.717, 1.165) is 22.4 Å². The van der Waals surface area contributed by atoms with Crippen LogP contribution in [0.5, 0.6) is 0 Å². The lowest BCUT2D eigenvalue weighted by Gasteiger charge is -2.05. The normalized spacial score (nSPS) is 10.5. The minimum Gasteiger partial charge on any atom is -0.334 e. The molecule has 1 aromatic heterocycles. The second-order valence-corrected chi connectivity index (χ2v) is 6.08. The molecule has 0 bridgehead atoms. The average Bonchev–Trinajstić information content (AvgIpc) is 3.20. The summed E-state index contributed by atoms with van der Waals surface area (Å²) >= 11 is 0. The van der Waals surface area contributed by atoms with Crippen LogP contribution >= 0.6 is 0 Å². The van der Waals surface area contributed by atoms with E-state index in [1.165, 1.54) is 0 Å². The average molecular weight is 355 g/mol. The third-order valence-electron chi connectivity index (χ3n) is 4.08. The first kappa shape index (κ1) is 16.7. The highest BCUT2D eigenvalue weighted by Crippen LogP contribution is 2.23. The van der Waals surface area contributed by atoms with Crippen molar-refractivity contribution in [3.63, 3.8) is 0 Å². The molecular weight excluding hydrogens is 338 g/mol. The molecule has 0 aliphatic rings. The number of amides is 1. The first-order valence-corrected chi connectivity index (χ1v) is 8.61. The van der Waals surface area contributed by atoms with Crippen LogP contribution in [-0.4, -0.2) is 16.0 Å². The molecule has 5 nitrogen and oxygen atoms in total. The molecule has 0 radical (unpaired) electrons. The molecule has 0 aliphatic carbocycles. The first-order chi connectivity index (χ1) is 13.3. The number of nitrogens with zero attached hydrogens (tertiary/aromatic N) is 2. The number of rotatable bonds is 5. The van der Waals surface area contributed by atoms with Crippen molar-refractivity contribution in [2.45, 2.75) is 6.42 Å². The van der Waals surface area contributed by atoms with Crippen LogP contribution in [-0.2, 0) is 11.2 Å². The molecule has 0 aliphatic heterocycles. The van der Waals surface area contributed by atoms with Crippen LogP contribution in [0.3, 0.4) is 0 Å². The van der Waals surface area contributed by atoms with Gasteiger partial charge in [-0.15, -0.1) is 0 Å². The Bertz CT molecular complexity index is 1030. The third-order valence-corrected chi connectivity index (χ3v) is 4.08. The molecule has 1 N–H and O–H groups in total. The number of hydrogen-bond donors (Lipinski definition) is 1. The van der Waals surface area contributed by atoms with E-state index in [-0.39, 0.29) is 5.91 Å². The van der Waals surface area contributed by atoms with Crippen molar-refractivity contribution < 1.29 is 9.32 Å². The Morgan fingerprint density at radius 3 is 2.19 bits per heavy atom. The van der Waals surface area contributed by atoms with Gasteiger partial charge in [0.25, 0.3) is 5.89 Å². The summed E-state index contributed by atoms with van der Waals surface area (Å²) in [7, 11) is 0. The van der Waals surface area contributed by atoms with Gasteiger partial charge in [-0.2, -0.15) is 4.98 Å². The Morgan fingerprint density at radius 1 is 0.815 bits per heavy atom. The van der Waals surface area contributed by atoms with Crippen molar-refractivity contribution in [3.05, 3.63) is 90.5 Å². The minimum atomic E-state index is -0.0573. The summed E-state index contributed by atoms with van der Waals surface area (Å²) in [6, 6.07) is 26.6. The van der Waals surface area contributed by atoms with E-state index < -0.39 is 0 Å². The zero-order valence-corrected chi connectivity index (χ0v) is 14.5. The molecule has 27 heavy (non-hydrogen) atoms. The lowest BCUT2D eigenvalue weighted by molar-refractivity contribution is -0.115. The lowest BCUT2D eigenvalue weighted by Crippen LogP contribution is -2.14. The third kappa shape index (κ3) is 4.10. The smallest absolute Gasteiger partial charge is 0.258 e. The Morgan fingerprint density at radius 2 is 1.48 bits per heavy atom. The topological polar surface area (TPSA) is 68.0 Å². The zero-order valence-electron chi connectivity index (χ0n) is 14.5. The molecule has 1 heterocycles. The van der Waals surface area contributed by atoms with Crippen molar-refractivity contribution >= 4 is 11.6 Å². The van der Waals surface area contributed by atoms with E-state index in [4.69, 9.17) is 4.52 Å². The summed E-state index contributed by atoms with van der Waals surface area (Å²) in [4.78, 5) is 16.6. The summed E-state index contributed by atoms with van der Waals surface area (Å²) < 4.78 is 5.36. The minimum absolute atomic E-state index is 0.0573. The molecule has 4 aromatic rings. The Balaban J connectivity index is 1.43. The first-order valence-electron chi connectivity index (χ1n) is 8.61. The fourth-order valence-electron chi connectivity index (χ4n) is 2.73. The summed E-state index contributed by atoms with van der Waals surface area (Å²) in [5.41, 5.74) is 3.40. The van der Waals surface area contributed by atoms with Gasteiger partial charge in [-0.05, 0) is 29.8 Å². The van der Waals surface area contributed by atoms with Gasteiger partial charge in [-0.1, -0.05) is 65.8 Å². The highest BCUT2D eigenvalue weighted by Gasteiger charge is 2.11. The summed E-state index contributed by atoms with van der Waals surface area (Å²) in [5, 5.41) is 6.92. The van der Waals surface area contributed by atoms with Crippen LogP contribution in [0.4, 0.5) is 5.69 Å². The number of benzene rings is 3. The fourth-order valence-corrected chi connectivity index (χ4v) is 2.73. The molecule has 0 unspecified atom stereocenters. The highest BCUT2D eigenvalue weighted by atomic mass is 16.5. The molecule has 1 amide bonds. The number of aromatic nitrogens is 2. The largest absolute Gasteiger partial charge is 0.334 e. The van der Waals surface area contributed by atoms with E-state index in [2.05, 4.69) is 15.5 Å². The molecule has 3 aromatic carbocycles.